The third-order valence-electron chi connectivity index (χ3n) is 2.55. The zero-order valence-electron chi connectivity index (χ0n) is 10.4. The topological polar surface area (TPSA) is 29.5 Å². The number of hydrogen-bond donors (Lipinski definition) is 1. The van der Waals surface area contributed by atoms with Crippen LogP contribution in [0.5, 0.6) is 0 Å². The average molecular weight is 202 g/mol. The van der Waals surface area contributed by atoms with E-state index in [2.05, 4.69) is 34.6 Å². The van der Waals surface area contributed by atoms with Crippen molar-refractivity contribution in [1.29, 1.82) is 0 Å². The van der Waals surface area contributed by atoms with E-state index in [4.69, 9.17) is 9.84 Å². The van der Waals surface area contributed by atoms with E-state index in [1.54, 1.807) is 0 Å². The Labute approximate surface area is 88.7 Å². The molecule has 0 aliphatic carbocycles. The van der Waals surface area contributed by atoms with Gasteiger partial charge in [0, 0.05) is 13.2 Å². The average Bonchev–Trinajstić information content (AvgIpc) is 2.03. The molecule has 14 heavy (non-hydrogen) atoms. The molecule has 0 unspecified atom stereocenters. The smallest absolute Gasteiger partial charge is 0.0626 e. The molecule has 0 aromatic carbocycles. The second-order valence-corrected chi connectivity index (χ2v) is 5.43. The molecule has 1 N–H and O–H groups in total. The number of rotatable bonds is 7. The summed E-state index contributed by atoms with van der Waals surface area (Å²) in [7, 11) is 0. The van der Waals surface area contributed by atoms with Gasteiger partial charge in [0.15, 0.2) is 0 Å². The van der Waals surface area contributed by atoms with E-state index in [0.29, 0.717) is 0 Å². The molecule has 0 aliphatic rings. The summed E-state index contributed by atoms with van der Waals surface area (Å²) in [5, 5.41) is 9.07. The van der Waals surface area contributed by atoms with Crippen molar-refractivity contribution in [3.05, 3.63) is 0 Å². The number of ether oxygens (including phenoxy) is 1. The van der Waals surface area contributed by atoms with Crippen molar-refractivity contribution in [3.8, 4) is 0 Å². The summed E-state index contributed by atoms with van der Waals surface area (Å²) < 4.78 is 5.80. The fraction of sp³-hybridized carbons (Fsp3) is 1.00. The van der Waals surface area contributed by atoms with E-state index in [-0.39, 0.29) is 17.6 Å². The highest BCUT2D eigenvalue weighted by Gasteiger charge is 2.20. The SMILES string of the molecule is CCCC(C)(C)OCCC(C)(C)CO. The molecule has 0 amide bonds. The lowest BCUT2D eigenvalue weighted by Gasteiger charge is -2.28. The molecule has 0 heterocycles. The van der Waals surface area contributed by atoms with Crippen molar-refractivity contribution >= 4 is 0 Å². The molecule has 0 aromatic rings. The predicted octanol–water partition coefficient (Wildman–Crippen LogP) is 2.99. The van der Waals surface area contributed by atoms with Crippen molar-refractivity contribution in [2.24, 2.45) is 5.41 Å². The van der Waals surface area contributed by atoms with Crippen molar-refractivity contribution in [3.63, 3.8) is 0 Å². The van der Waals surface area contributed by atoms with Crippen LogP contribution in [0.4, 0.5) is 0 Å². The molecular formula is C12H26O2. The van der Waals surface area contributed by atoms with Crippen LogP contribution in [0.1, 0.15) is 53.9 Å². The van der Waals surface area contributed by atoms with Gasteiger partial charge in [-0.1, -0.05) is 27.2 Å². The van der Waals surface area contributed by atoms with Crippen LogP contribution in [0.15, 0.2) is 0 Å². The Hall–Kier alpha value is -0.0800. The molecule has 0 rings (SSSR count). The third kappa shape index (κ3) is 6.39. The predicted molar refractivity (Wildman–Crippen MR) is 60.4 cm³/mol. The van der Waals surface area contributed by atoms with E-state index in [1.807, 2.05) is 0 Å². The van der Waals surface area contributed by atoms with E-state index in [9.17, 15) is 0 Å². The highest BCUT2D eigenvalue weighted by Crippen LogP contribution is 2.22. The molecule has 0 saturated carbocycles. The lowest BCUT2D eigenvalue weighted by atomic mass is 9.91. The molecule has 0 atom stereocenters. The number of aliphatic hydroxyl groups is 1. The molecule has 0 spiro atoms. The third-order valence-corrected chi connectivity index (χ3v) is 2.55. The van der Waals surface area contributed by atoms with E-state index >= 15 is 0 Å². The fourth-order valence-corrected chi connectivity index (χ4v) is 1.36. The highest BCUT2D eigenvalue weighted by atomic mass is 16.5. The van der Waals surface area contributed by atoms with Crippen molar-refractivity contribution < 1.29 is 9.84 Å². The van der Waals surface area contributed by atoms with Crippen LogP contribution >= 0.6 is 0 Å². The summed E-state index contributed by atoms with van der Waals surface area (Å²) in [4.78, 5) is 0. The summed E-state index contributed by atoms with van der Waals surface area (Å²) in [6.45, 7) is 11.5. The first-order valence-corrected chi connectivity index (χ1v) is 5.58. The zero-order valence-corrected chi connectivity index (χ0v) is 10.4. The van der Waals surface area contributed by atoms with Crippen LogP contribution in [0.3, 0.4) is 0 Å². The van der Waals surface area contributed by atoms with Crippen LogP contribution < -0.4 is 0 Å². The number of aliphatic hydroxyl groups excluding tert-OH is 1. The minimum absolute atomic E-state index is 0.0116. The summed E-state index contributed by atoms with van der Waals surface area (Å²) in [6.07, 6.45) is 3.15. The highest BCUT2D eigenvalue weighted by molar-refractivity contribution is 4.70. The molecule has 86 valence electrons. The maximum absolute atomic E-state index is 9.07. The van der Waals surface area contributed by atoms with Crippen LogP contribution in [-0.4, -0.2) is 23.9 Å². The van der Waals surface area contributed by atoms with Crippen molar-refractivity contribution in [1.82, 2.24) is 0 Å². The second kappa shape index (κ2) is 5.72. The van der Waals surface area contributed by atoms with Crippen LogP contribution in [0.2, 0.25) is 0 Å². The van der Waals surface area contributed by atoms with Gasteiger partial charge in [0.2, 0.25) is 0 Å². The Bertz CT molecular complexity index is 150. The van der Waals surface area contributed by atoms with E-state index in [1.165, 1.54) is 0 Å². The standard InChI is InChI=1S/C12H26O2/c1-6-7-12(4,5)14-9-8-11(2,3)10-13/h13H,6-10H2,1-5H3. The minimum Gasteiger partial charge on any atom is -0.396 e. The number of hydrogen-bond acceptors (Lipinski definition) is 2. The van der Waals surface area contributed by atoms with Gasteiger partial charge in [0.25, 0.3) is 0 Å². The quantitative estimate of drug-likeness (QED) is 0.687. The van der Waals surface area contributed by atoms with Gasteiger partial charge in [-0.25, -0.2) is 0 Å². The van der Waals surface area contributed by atoms with Gasteiger partial charge in [0.1, 0.15) is 0 Å². The lowest BCUT2D eigenvalue weighted by Crippen LogP contribution is -2.27. The summed E-state index contributed by atoms with van der Waals surface area (Å²) in [5.41, 5.74) is -0.0252. The molecule has 0 aliphatic heterocycles. The first kappa shape index (κ1) is 13.9. The Morgan fingerprint density at radius 2 is 1.64 bits per heavy atom. The van der Waals surface area contributed by atoms with Gasteiger partial charge in [-0.3, -0.25) is 0 Å². The van der Waals surface area contributed by atoms with Crippen LogP contribution in [0.25, 0.3) is 0 Å². The van der Waals surface area contributed by atoms with E-state index < -0.39 is 0 Å². The maximum atomic E-state index is 9.07. The van der Waals surface area contributed by atoms with Crippen LogP contribution in [0, 0.1) is 5.41 Å². The largest absolute Gasteiger partial charge is 0.396 e. The van der Waals surface area contributed by atoms with Crippen molar-refractivity contribution in [2.75, 3.05) is 13.2 Å². The van der Waals surface area contributed by atoms with Gasteiger partial charge in [-0.15, -0.1) is 0 Å². The molecule has 0 saturated heterocycles. The molecule has 2 heteroatoms. The normalized spacial score (nSPS) is 13.3. The summed E-state index contributed by atoms with van der Waals surface area (Å²) in [6, 6.07) is 0. The molecular weight excluding hydrogens is 176 g/mol. The zero-order chi connectivity index (χ0) is 11.2. The summed E-state index contributed by atoms with van der Waals surface area (Å²) >= 11 is 0. The second-order valence-electron chi connectivity index (χ2n) is 5.43. The maximum Gasteiger partial charge on any atom is 0.0626 e. The van der Waals surface area contributed by atoms with Gasteiger partial charge in [-0.2, -0.15) is 0 Å². The molecule has 0 aromatic heterocycles. The Morgan fingerprint density at radius 3 is 2.07 bits per heavy atom. The van der Waals surface area contributed by atoms with Crippen molar-refractivity contribution in [2.45, 2.75) is 59.5 Å². The van der Waals surface area contributed by atoms with Gasteiger partial charge in [0.05, 0.1) is 5.60 Å². The first-order valence-electron chi connectivity index (χ1n) is 5.58. The first-order chi connectivity index (χ1) is 6.33. The fourth-order valence-electron chi connectivity index (χ4n) is 1.36. The van der Waals surface area contributed by atoms with Crippen LogP contribution in [-0.2, 0) is 4.74 Å². The minimum atomic E-state index is -0.0136. The monoisotopic (exact) mass is 202 g/mol. The van der Waals surface area contributed by atoms with Gasteiger partial charge >= 0.3 is 0 Å². The Balaban J connectivity index is 3.73. The molecule has 0 bridgehead atoms. The molecule has 2 nitrogen and oxygen atoms in total. The van der Waals surface area contributed by atoms with Gasteiger partial charge < -0.3 is 9.84 Å². The van der Waals surface area contributed by atoms with Gasteiger partial charge in [-0.05, 0) is 32.1 Å². The molecule has 0 radical (unpaired) electrons. The lowest BCUT2D eigenvalue weighted by molar-refractivity contribution is -0.0389. The Kier molecular flexibility index (Phi) is 5.68. The molecule has 0 fully saturated rings. The van der Waals surface area contributed by atoms with E-state index in [0.717, 1.165) is 25.9 Å². The summed E-state index contributed by atoms with van der Waals surface area (Å²) in [5.74, 6) is 0. The Morgan fingerprint density at radius 1 is 1.07 bits per heavy atom.